The molecule has 3 rings (SSSR count). The number of hydrogen-bond acceptors (Lipinski definition) is 4. The molecule has 0 spiro atoms. The molecule has 2 aliphatic rings. The van der Waals surface area contributed by atoms with Gasteiger partial charge < -0.3 is 14.6 Å². The van der Waals surface area contributed by atoms with Crippen LogP contribution in [0.2, 0.25) is 19.6 Å². The Balaban J connectivity index is 1.99. The van der Waals surface area contributed by atoms with Crippen LogP contribution in [0.1, 0.15) is 44.4 Å². The van der Waals surface area contributed by atoms with E-state index in [1.165, 1.54) is 11.1 Å². The van der Waals surface area contributed by atoms with E-state index in [4.69, 9.17) is 9.31 Å². The molecule has 0 aliphatic carbocycles. The van der Waals surface area contributed by atoms with Crippen molar-refractivity contribution in [3.05, 3.63) is 28.8 Å². The van der Waals surface area contributed by atoms with E-state index in [1.54, 1.807) is 0 Å². The van der Waals surface area contributed by atoms with Crippen molar-refractivity contribution < 1.29 is 9.31 Å². The van der Waals surface area contributed by atoms with Gasteiger partial charge in [0.15, 0.2) is 0 Å². The molecule has 1 aromatic rings. The van der Waals surface area contributed by atoms with Crippen LogP contribution in [0.25, 0.3) is 0 Å². The van der Waals surface area contributed by atoms with Gasteiger partial charge in [-0.2, -0.15) is 0 Å². The van der Waals surface area contributed by atoms with Crippen molar-refractivity contribution in [2.45, 2.75) is 72.0 Å². The minimum Gasteiger partial charge on any atom is -0.399 e. The topological polar surface area (TPSA) is 33.7 Å². The summed E-state index contributed by atoms with van der Waals surface area (Å²) in [6.07, 6.45) is 0. The molecule has 2 saturated heterocycles. The van der Waals surface area contributed by atoms with Crippen LogP contribution in [0.3, 0.4) is 0 Å². The summed E-state index contributed by atoms with van der Waals surface area (Å²) in [5, 5.41) is 3.44. The Morgan fingerprint density at radius 1 is 1.07 bits per heavy atom. The Morgan fingerprint density at radius 2 is 1.66 bits per heavy atom. The van der Waals surface area contributed by atoms with Gasteiger partial charge in [-0.3, -0.25) is 4.90 Å². The Kier molecular flexibility index (Phi) is 6.39. The van der Waals surface area contributed by atoms with Gasteiger partial charge in [0.05, 0.1) is 11.2 Å². The van der Waals surface area contributed by atoms with Crippen molar-refractivity contribution in [2.75, 3.05) is 26.2 Å². The van der Waals surface area contributed by atoms with E-state index < -0.39 is 8.07 Å². The van der Waals surface area contributed by atoms with Gasteiger partial charge in [-0.05, 0) is 57.3 Å². The molecule has 0 amide bonds. The van der Waals surface area contributed by atoms with Crippen LogP contribution in [-0.4, -0.2) is 57.5 Å². The summed E-state index contributed by atoms with van der Waals surface area (Å²) in [7, 11) is -1.81. The first kappa shape index (κ1) is 22.6. The second-order valence-corrected chi connectivity index (χ2v) is 15.2. The van der Waals surface area contributed by atoms with E-state index >= 15 is 0 Å². The van der Waals surface area contributed by atoms with Crippen molar-refractivity contribution in [1.82, 2.24) is 10.2 Å². The van der Waals surface area contributed by atoms with Crippen molar-refractivity contribution >= 4 is 20.7 Å². The molecule has 0 unspecified atom stereocenters. The highest BCUT2D eigenvalue weighted by Crippen LogP contribution is 2.36. The number of piperazine rings is 1. The lowest BCUT2D eigenvalue weighted by atomic mass is 9.76. The van der Waals surface area contributed by atoms with Crippen LogP contribution in [0.15, 0.2) is 12.1 Å². The average molecular weight is 412 g/mol. The molecule has 2 aliphatic heterocycles. The fourth-order valence-corrected chi connectivity index (χ4v) is 4.08. The highest BCUT2D eigenvalue weighted by molar-refractivity contribution is 6.83. The highest BCUT2D eigenvalue weighted by Gasteiger charge is 2.51. The van der Waals surface area contributed by atoms with Crippen LogP contribution in [-0.2, 0) is 15.9 Å². The molecule has 6 heteroatoms. The molecular weight excluding hydrogens is 375 g/mol. The molecule has 2 fully saturated rings. The van der Waals surface area contributed by atoms with Crippen LogP contribution in [0, 0.1) is 18.4 Å². The predicted molar refractivity (Wildman–Crippen MR) is 125 cm³/mol. The van der Waals surface area contributed by atoms with E-state index in [0.717, 1.165) is 43.8 Å². The summed E-state index contributed by atoms with van der Waals surface area (Å²) in [6, 6.07) is 4.46. The molecular formula is C23H37BN2O2Si. The van der Waals surface area contributed by atoms with Crippen molar-refractivity contribution in [2.24, 2.45) is 0 Å². The van der Waals surface area contributed by atoms with E-state index in [0.29, 0.717) is 0 Å². The summed E-state index contributed by atoms with van der Waals surface area (Å²) < 4.78 is 12.7. The number of nitrogens with zero attached hydrogens (tertiary/aromatic N) is 1. The number of benzene rings is 1. The van der Waals surface area contributed by atoms with Gasteiger partial charge >= 0.3 is 7.12 Å². The Labute approximate surface area is 178 Å². The third kappa shape index (κ3) is 5.34. The van der Waals surface area contributed by atoms with Crippen LogP contribution < -0.4 is 10.8 Å². The summed E-state index contributed by atoms with van der Waals surface area (Å²) in [5.41, 5.74) is 7.68. The lowest BCUT2D eigenvalue weighted by Gasteiger charge is -2.32. The first-order valence-corrected chi connectivity index (χ1v) is 14.3. The average Bonchev–Trinajstić information content (AvgIpc) is 2.83. The Morgan fingerprint density at radius 3 is 2.21 bits per heavy atom. The smallest absolute Gasteiger partial charge is 0.399 e. The molecule has 158 valence electrons. The van der Waals surface area contributed by atoms with Gasteiger partial charge in [0.1, 0.15) is 8.07 Å². The Hall–Kier alpha value is -1.10. The van der Waals surface area contributed by atoms with Gasteiger partial charge in [-0.25, -0.2) is 0 Å². The maximum atomic E-state index is 6.35. The van der Waals surface area contributed by atoms with E-state index in [-0.39, 0.29) is 18.3 Å². The predicted octanol–water partition coefficient (Wildman–Crippen LogP) is 2.93. The molecule has 29 heavy (non-hydrogen) atoms. The third-order valence-corrected chi connectivity index (χ3v) is 7.11. The molecule has 0 saturated carbocycles. The lowest BCUT2D eigenvalue weighted by Crippen LogP contribution is -2.43. The number of nitrogens with one attached hydrogen (secondary N) is 1. The molecule has 1 N–H and O–H groups in total. The summed E-state index contributed by atoms with van der Waals surface area (Å²) >= 11 is 0. The SMILES string of the molecule is Cc1c(C#C[Si](C)(C)C)cc(B2OC(C)(C)C(C)(C)O2)cc1CN1CCNCC1. The van der Waals surface area contributed by atoms with Gasteiger partial charge in [-0.15, -0.1) is 5.54 Å². The minimum atomic E-state index is -1.46. The maximum Gasteiger partial charge on any atom is 0.494 e. The normalized spacial score (nSPS) is 21.7. The fraction of sp³-hybridized carbons (Fsp3) is 0.652. The fourth-order valence-electron chi connectivity index (χ4n) is 3.57. The largest absolute Gasteiger partial charge is 0.494 e. The molecule has 1 aromatic carbocycles. The third-order valence-electron chi connectivity index (χ3n) is 6.24. The quantitative estimate of drug-likeness (QED) is 0.612. The molecule has 0 aromatic heterocycles. The van der Waals surface area contributed by atoms with Crippen LogP contribution in [0.4, 0.5) is 0 Å². The van der Waals surface area contributed by atoms with Crippen molar-refractivity contribution in [1.29, 1.82) is 0 Å². The standard InChI is InChI=1S/C23H37BN2O2Si/c1-18-19(9-14-29(6,7)8)15-21(24-27-22(2,3)23(4,5)28-24)16-20(18)17-26-12-10-25-11-13-26/h15-16,25H,10-13,17H2,1-8H3. The zero-order valence-electron chi connectivity index (χ0n) is 19.5. The highest BCUT2D eigenvalue weighted by atomic mass is 28.3. The first-order valence-electron chi connectivity index (χ1n) is 10.8. The number of hydrogen-bond donors (Lipinski definition) is 1. The van der Waals surface area contributed by atoms with Gasteiger partial charge in [0, 0.05) is 38.3 Å². The zero-order chi connectivity index (χ0) is 21.4. The monoisotopic (exact) mass is 412 g/mol. The van der Waals surface area contributed by atoms with E-state index in [2.05, 4.69) is 88.1 Å². The van der Waals surface area contributed by atoms with Crippen molar-refractivity contribution in [3.8, 4) is 11.5 Å². The van der Waals surface area contributed by atoms with E-state index in [1.807, 2.05) is 0 Å². The van der Waals surface area contributed by atoms with Gasteiger partial charge in [-0.1, -0.05) is 31.6 Å². The molecule has 0 bridgehead atoms. The lowest BCUT2D eigenvalue weighted by molar-refractivity contribution is 0.00578. The second kappa shape index (κ2) is 8.20. The molecule has 0 radical (unpaired) electrons. The second-order valence-electron chi connectivity index (χ2n) is 10.5. The van der Waals surface area contributed by atoms with Crippen LogP contribution >= 0.6 is 0 Å². The minimum absolute atomic E-state index is 0.342. The first-order chi connectivity index (χ1) is 13.4. The Bertz CT molecular complexity index is 799. The summed E-state index contributed by atoms with van der Waals surface area (Å²) in [4.78, 5) is 2.52. The van der Waals surface area contributed by atoms with Gasteiger partial charge in [0.2, 0.25) is 0 Å². The van der Waals surface area contributed by atoms with Crippen LogP contribution in [0.5, 0.6) is 0 Å². The van der Waals surface area contributed by atoms with E-state index in [9.17, 15) is 0 Å². The molecule has 4 nitrogen and oxygen atoms in total. The maximum absolute atomic E-state index is 6.35. The van der Waals surface area contributed by atoms with Gasteiger partial charge in [0.25, 0.3) is 0 Å². The van der Waals surface area contributed by atoms with Crippen molar-refractivity contribution in [3.63, 3.8) is 0 Å². The summed E-state index contributed by atoms with van der Waals surface area (Å²) in [6.45, 7) is 22.7. The number of rotatable bonds is 3. The summed E-state index contributed by atoms with van der Waals surface area (Å²) in [5.74, 6) is 3.51. The molecule has 2 heterocycles. The zero-order valence-corrected chi connectivity index (χ0v) is 20.5. The molecule has 0 atom stereocenters.